The van der Waals surface area contributed by atoms with E-state index in [0.717, 1.165) is 23.1 Å². The summed E-state index contributed by atoms with van der Waals surface area (Å²) in [7, 11) is 0. The number of fused-ring (bicyclic) bond motifs is 1. The van der Waals surface area contributed by atoms with Gasteiger partial charge in [0.15, 0.2) is 17.6 Å². The molecule has 2 aromatic heterocycles. The summed E-state index contributed by atoms with van der Waals surface area (Å²) < 4.78 is 5.25. The normalized spacial score (nSPS) is 10.9. The number of pyridine rings is 1. The average Bonchev–Trinajstić information content (AvgIpc) is 2.86. The third-order valence-corrected chi connectivity index (χ3v) is 2.88. The summed E-state index contributed by atoms with van der Waals surface area (Å²) in [5.74, 6) is 0. The molecule has 0 saturated carbocycles. The molecule has 3 rings (SSSR count). The third kappa shape index (κ3) is 1.80. The Morgan fingerprint density at radius 1 is 1.06 bits per heavy atom. The number of oxazole rings is 1. The summed E-state index contributed by atoms with van der Waals surface area (Å²) in [5.41, 5.74) is 4.91. The number of hydrogen-bond donors (Lipinski definition) is 0. The highest BCUT2D eigenvalue weighted by Crippen LogP contribution is 2.22. The molecular weight excluding hydrogens is 212 g/mol. The van der Waals surface area contributed by atoms with Crippen molar-refractivity contribution in [3.63, 3.8) is 0 Å². The maximum Gasteiger partial charge on any atom is 0.198 e. The molecule has 0 aliphatic carbocycles. The van der Waals surface area contributed by atoms with Crippen LogP contribution in [0.4, 0.5) is 0 Å². The van der Waals surface area contributed by atoms with Crippen LogP contribution in [0.5, 0.6) is 0 Å². The second-order valence-corrected chi connectivity index (χ2v) is 3.95. The Bertz CT molecular complexity index is 641. The smallest absolute Gasteiger partial charge is 0.198 e. The van der Waals surface area contributed by atoms with E-state index in [2.05, 4.69) is 41.2 Å². The molecule has 0 aliphatic heterocycles. The van der Waals surface area contributed by atoms with Crippen LogP contribution < -0.4 is 0 Å². The highest BCUT2D eigenvalue weighted by molar-refractivity contribution is 5.75. The molecule has 84 valence electrons. The van der Waals surface area contributed by atoms with Crippen LogP contribution in [0.1, 0.15) is 12.5 Å². The van der Waals surface area contributed by atoms with E-state index >= 15 is 0 Å². The molecular formula is C14H12N2O. The molecule has 0 saturated heterocycles. The highest BCUT2D eigenvalue weighted by atomic mass is 16.3. The first-order valence-corrected chi connectivity index (χ1v) is 5.65. The zero-order valence-electron chi connectivity index (χ0n) is 9.55. The first kappa shape index (κ1) is 10.0. The van der Waals surface area contributed by atoms with E-state index in [9.17, 15) is 0 Å². The van der Waals surface area contributed by atoms with Crippen molar-refractivity contribution in [2.75, 3.05) is 0 Å². The van der Waals surface area contributed by atoms with Crippen LogP contribution in [0.3, 0.4) is 0 Å². The van der Waals surface area contributed by atoms with E-state index in [1.165, 1.54) is 12.0 Å². The van der Waals surface area contributed by atoms with Gasteiger partial charge in [0.05, 0.1) is 0 Å². The van der Waals surface area contributed by atoms with Crippen molar-refractivity contribution in [2.45, 2.75) is 13.3 Å². The number of rotatable bonds is 2. The van der Waals surface area contributed by atoms with Crippen molar-refractivity contribution in [3.8, 4) is 11.1 Å². The van der Waals surface area contributed by atoms with E-state index in [-0.39, 0.29) is 0 Å². The minimum atomic E-state index is 0.652. The topological polar surface area (TPSA) is 38.9 Å². The van der Waals surface area contributed by atoms with Gasteiger partial charge in [0.25, 0.3) is 0 Å². The van der Waals surface area contributed by atoms with Gasteiger partial charge in [-0.1, -0.05) is 31.2 Å². The standard InChI is InChI=1S/C14H12N2O/c1-2-10-3-5-11(6-4-10)12-7-13-14(15-8-12)16-9-17-13/h3-9H,2H2,1H3. The molecule has 0 fully saturated rings. The monoisotopic (exact) mass is 224 g/mol. The summed E-state index contributed by atoms with van der Waals surface area (Å²) >= 11 is 0. The number of benzene rings is 1. The van der Waals surface area contributed by atoms with Crippen LogP contribution in [0.15, 0.2) is 47.3 Å². The molecule has 0 N–H and O–H groups in total. The summed E-state index contributed by atoms with van der Waals surface area (Å²) in [6.45, 7) is 2.15. The fourth-order valence-corrected chi connectivity index (χ4v) is 1.84. The van der Waals surface area contributed by atoms with Gasteiger partial charge in [-0.2, -0.15) is 4.98 Å². The molecule has 3 aromatic rings. The van der Waals surface area contributed by atoms with Gasteiger partial charge in [0, 0.05) is 11.8 Å². The summed E-state index contributed by atoms with van der Waals surface area (Å²) in [6.07, 6.45) is 4.30. The Labute approximate surface area is 99.1 Å². The Kier molecular flexibility index (Phi) is 2.37. The Balaban J connectivity index is 2.06. The molecule has 3 nitrogen and oxygen atoms in total. The molecule has 0 spiro atoms. The van der Waals surface area contributed by atoms with Gasteiger partial charge in [-0.05, 0) is 23.6 Å². The number of aryl methyl sites for hydroxylation is 1. The number of aromatic nitrogens is 2. The summed E-state index contributed by atoms with van der Waals surface area (Å²) in [6, 6.07) is 10.5. The fourth-order valence-electron chi connectivity index (χ4n) is 1.84. The maximum absolute atomic E-state index is 5.25. The number of nitrogens with zero attached hydrogens (tertiary/aromatic N) is 2. The van der Waals surface area contributed by atoms with Crippen molar-refractivity contribution >= 4 is 11.2 Å². The SMILES string of the molecule is CCc1ccc(-c2cnc3ncoc3c2)cc1. The lowest BCUT2D eigenvalue weighted by Crippen LogP contribution is -1.83. The Morgan fingerprint density at radius 2 is 1.88 bits per heavy atom. The zero-order valence-corrected chi connectivity index (χ0v) is 9.55. The van der Waals surface area contributed by atoms with Crippen LogP contribution in [-0.4, -0.2) is 9.97 Å². The van der Waals surface area contributed by atoms with Gasteiger partial charge in [0.2, 0.25) is 0 Å². The van der Waals surface area contributed by atoms with Crippen LogP contribution in [0.2, 0.25) is 0 Å². The highest BCUT2D eigenvalue weighted by Gasteiger charge is 2.03. The van der Waals surface area contributed by atoms with Crippen molar-refractivity contribution in [1.29, 1.82) is 0 Å². The van der Waals surface area contributed by atoms with E-state index < -0.39 is 0 Å². The predicted molar refractivity (Wildman–Crippen MR) is 66.6 cm³/mol. The van der Waals surface area contributed by atoms with Crippen LogP contribution in [0, 0.1) is 0 Å². The van der Waals surface area contributed by atoms with Gasteiger partial charge >= 0.3 is 0 Å². The second-order valence-electron chi connectivity index (χ2n) is 3.95. The molecule has 2 heterocycles. The minimum absolute atomic E-state index is 0.652. The van der Waals surface area contributed by atoms with Crippen molar-refractivity contribution < 1.29 is 4.42 Å². The first-order valence-electron chi connectivity index (χ1n) is 5.65. The third-order valence-electron chi connectivity index (χ3n) is 2.88. The van der Waals surface area contributed by atoms with Gasteiger partial charge in [-0.3, -0.25) is 0 Å². The fraction of sp³-hybridized carbons (Fsp3) is 0.143. The van der Waals surface area contributed by atoms with E-state index in [1.807, 2.05) is 12.3 Å². The molecule has 0 unspecified atom stereocenters. The first-order chi connectivity index (χ1) is 8.36. The maximum atomic E-state index is 5.25. The van der Waals surface area contributed by atoms with Crippen LogP contribution >= 0.6 is 0 Å². The molecule has 0 bridgehead atoms. The average molecular weight is 224 g/mol. The lowest BCUT2D eigenvalue weighted by molar-refractivity contribution is 0.602. The number of hydrogen-bond acceptors (Lipinski definition) is 3. The van der Waals surface area contributed by atoms with Crippen LogP contribution in [-0.2, 0) is 6.42 Å². The zero-order chi connectivity index (χ0) is 11.7. The van der Waals surface area contributed by atoms with Crippen LogP contribution in [0.25, 0.3) is 22.4 Å². The lowest BCUT2D eigenvalue weighted by atomic mass is 10.0. The minimum Gasteiger partial charge on any atom is -0.442 e. The summed E-state index contributed by atoms with van der Waals surface area (Å²) in [4.78, 5) is 8.26. The van der Waals surface area contributed by atoms with E-state index in [1.54, 1.807) is 0 Å². The van der Waals surface area contributed by atoms with Crippen molar-refractivity contribution in [2.24, 2.45) is 0 Å². The molecule has 0 aliphatic rings. The molecule has 0 amide bonds. The lowest BCUT2D eigenvalue weighted by Gasteiger charge is -2.02. The van der Waals surface area contributed by atoms with Gasteiger partial charge in [-0.15, -0.1) is 0 Å². The Morgan fingerprint density at radius 3 is 2.65 bits per heavy atom. The largest absolute Gasteiger partial charge is 0.442 e. The molecule has 1 aromatic carbocycles. The second kappa shape index (κ2) is 4.01. The molecule has 0 atom stereocenters. The van der Waals surface area contributed by atoms with Gasteiger partial charge in [0.1, 0.15) is 0 Å². The van der Waals surface area contributed by atoms with Gasteiger partial charge < -0.3 is 4.42 Å². The molecule has 3 heteroatoms. The summed E-state index contributed by atoms with van der Waals surface area (Å²) in [5, 5.41) is 0. The van der Waals surface area contributed by atoms with Gasteiger partial charge in [-0.25, -0.2) is 4.98 Å². The predicted octanol–water partition coefficient (Wildman–Crippen LogP) is 3.45. The van der Waals surface area contributed by atoms with Crippen molar-refractivity contribution in [3.05, 3.63) is 48.5 Å². The molecule has 17 heavy (non-hydrogen) atoms. The molecule has 0 radical (unpaired) electrons. The Hall–Kier alpha value is -2.16. The van der Waals surface area contributed by atoms with E-state index in [0.29, 0.717) is 5.65 Å². The van der Waals surface area contributed by atoms with Crippen molar-refractivity contribution in [1.82, 2.24) is 9.97 Å². The quantitative estimate of drug-likeness (QED) is 0.669. The van der Waals surface area contributed by atoms with E-state index in [4.69, 9.17) is 4.42 Å².